The molecule has 2 rings (SSSR count). The van der Waals surface area contributed by atoms with Crippen LogP contribution in [0, 0.1) is 6.92 Å². The van der Waals surface area contributed by atoms with E-state index in [4.69, 9.17) is 0 Å². The van der Waals surface area contributed by atoms with Crippen molar-refractivity contribution >= 4 is 11.6 Å². The fourth-order valence-corrected chi connectivity index (χ4v) is 2.79. The molecule has 0 spiro atoms. The standard InChI is InChI=1S/C16H24N2O/c1-3-15-9-4-5-10-18(15)16(19)12-17-14-8-6-7-13(2)11-14/h6-8,11,15,17H,3-5,9-10,12H2,1-2H3. The zero-order chi connectivity index (χ0) is 13.7. The molecule has 1 atom stereocenters. The van der Waals surface area contributed by atoms with Gasteiger partial charge >= 0.3 is 0 Å². The predicted molar refractivity (Wildman–Crippen MR) is 79.3 cm³/mol. The van der Waals surface area contributed by atoms with Crippen molar-refractivity contribution < 1.29 is 4.79 Å². The minimum Gasteiger partial charge on any atom is -0.376 e. The Hall–Kier alpha value is -1.51. The van der Waals surface area contributed by atoms with Crippen LogP contribution in [0.5, 0.6) is 0 Å². The van der Waals surface area contributed by atoms with Gasteiger partial charge in [-0.15, -0.1) is 0 Å². The smallest absolute Gasteiger partial charge is 0.242 e. The van der Waals surface area contributed by atoms with Crippen LogP contribution in [0.15, 0.2) is 24.3 Å². The number of benzene rings is 1. The van der Waals surface area contributed by atoms with Crippen LogP contribution in [-0.4, -0.2) is 29.9 Å². The molecule has 1 amide bonds. The van der Waals surface area contributed by atoms with E-state index in [0.29, 0.717) is 12.6 Å². The normalized spacial score (nSPS) is 19.3. The number of anilines is 1. The van der Waals surface area contributed by atoms with E-state index in [2.05, 4.69) is 36.2 Å². The van der Waals surface area contributed by atoms with Gasteiger partial charge in [-0.1, -0.05) is 19.1 Å². The maximum Gasteiger partial charge on any atom is 0.242 e. The first kappa shape index (κ1) is 13.9. The Labute approximate surface area is 116 Å². The van der Waals surface area contributed by atoms with Crippen LogP contribution in [0.3, 0.4) is 0 Å². The highest BCUT2D eigenvalue weighted by atomic mass is 16.2. The molecular weight excluding hydrogens is 236 g/mol. The van der Waals surface area contributed by atoms with Gasteiger partial charge in [0.05, 0.1) is 6.54 Å². The molecule has 1 aliphatic heterocycles. The van der Waals surface area contributed by atoms with Crippen molar-refractivity contribution in [1.82, 2.24) is 4.90 Å². The lowest BCUT2D eigenvalue weighted by atomic mass is 10.00. The van der Waals surface area contributed by atoms with Gasteiger partial charge in [-0.25, -0.2) is 0 Å². The van der Waals surface area contributed by atoms with Crippen LogP contribution in [0.1, 0.15) is 38.2 Å². The highest BCUT2D eigenvalue weighted by Gasteiger charge is 2.24. The largest absolute Gasteiger partial charge is 0.376 e. The van der Waals surface area contributed by atoms with Crippen LogP contribution in [-0.2, 0) is 4.79 Å². The number of likely N-dealkylation sites (tertiary alicyclic amines) is 1. The van der Waals surface area contributed by atoms with Crippen molar-refractivity contribution in [1.29, 1.82) is 0 Å². The van der Waals surface area contributed by atoms with Crippen molar-refractivity contribution in [2.45, 2.75) is 45.6 Å². The molecule has 0 aliphatic carbocycles. The Morgan fingerprint density at radius 2 is 2.26 bits per heavy atom. The molecule has 1 unspecified atom stereocenters. The molecule has 0 radical (unpaired) electrons. The first-order valence-corrected chi connectivity index (χ1v) is 7.30. The lowest BCUT2D eigenvalue weighted by molar-refractivity contribution is -0.133. The first-order valence-electron chi connectivity index (χ1n) is 7.30. The van der Waals surface area contributed by atoms with Gasteiger partial charge in [0.2, 0.25) is 5.91 Å². The number of nitrogens with zero attached hydrogens (tertiary/aromatic N) is 1. The maximum absolute atomic E-state index is 12.3. The number of hydrogen-bond donors (Lipinski definition) is 1. The van der Waals surface area contributed by atoms with Crippen molar-refractivity contribution in [3.05, 3.63) is 29.8 Å². The molecule has 1 aromatic rings. The van der Waals surface area contributed by atoms with Crippen molar-refractivity contribution in [3.63, 3.8) is 0 Å². The molecule has 1 aliphatic rings. The summed E-state index contributed by atoms with van der Waals surface area (Å²) < 4.78 is 0. The van der Waals surface area contributed by atoms with Gasteiger partial charge in [0.25, 0.3) is 0 Å². The van der Waals surface area contributed by atoms with E-state index in [9.17, 15) is 4.79 Å². The van der Waals surface area contributed by atoms with E-state index in [1.807, 2.05) is 12.1 Å². The van der Waals surface area contributed by atoms with E-state index >= 15 is 0 Å². The third kappa shape index (κ3) is 3.72. The van der Waals surface area contributed by atoms with Gasteiger partial charge in [0.1, 0.15) is 0 Å². The molecule has 1 N–H and O–H groups in total. The lowest BCUT2D eigenvalue weighted by Gasteiger charge is -2.35. The van der Waals surface area contributed by atoms with Crippen LogP contribution >= 0.6 is 0 Å². The highest BCUT2D eigenvalue weighted by molar-refractivity contribution is 5.81. The Bertz CT molecular complexity index is 431. The summed E-state index contributed by atoms with van der Waals surface area (Å²) in [6, 6.07) is 8.59. The van der Waals surface area contributed by atoms with Crippen molar-refractivity contribution in [3.8, 4) is 0 Å². The van der Waals surface area contributed by atoms with Crippen LogP contribution < -0.4 is 5.32 Å². The van der Waals surface area contributed by atoms with Crippen LogP contribution in [0.25, 0.3) is 0 Å². The van der Waals surface area contributed by atoms with Gasteiger partial charge in [-0.05, 0) is 50.3 Å². The van der Waals surface area contributed by atoms with Crippen molar-refractivity contribution in [2.24, 2.45) is 0 Å². The molecular formula is C16H24N2O. The van der Waals surface area contributed by atoms with E-state index in [1.165, 1.54) is 12.0 Å². The molecule has 3 heteroatoms. The Balaban J connectivity index is 1.89. The molecule has 1 saturated heterocycles. The topological polar surface area (TPSA) is 32.3 Å². The number of nitrogens with one attached hydrogen (secondary N) is 1. The summed E-state index contributed by atoms with van der Waals surface area (Å²) in [4.78, 5) is 14.4. The fraction of sp³-hybridized carbons (Fsp3) is 0.562. The van der Waals surface area contributed by atoms with Gasteiger partial charge in [-0.2, -0.15) is 0 Å². The summed E-state index contributed by atoms with van der Waals surface area (Å²) in [5, 5.41) is 3.24. The van der Waals surface area contributed by atoms with E-state index in [-0.39, 0.29) is 5.91 Å². The highest BCUT2D eigenvalue weighted by Crippen LogP contribution is 2.19. The fourth-order valence-electron chi connectivity index (χ4n) is 2.79. The molecule has 0 aromatic heterocycles. The van der Waals surface area contributed by atoms with Crippen LogP contribution in [0.2, 0.25) is 0 Å². The van der Waals surface area contributed by atoms with Gasteiger partial charge in [-0.3, -0.25) is 4.79 Å². The van der Waals surface area contributed by atoms with Gasteiger partial charge in [0.15, 0.2) is 0 Å². The van der Waals surface area contributed by atoms with Crippen LogP contribution in [0.4, 0.5) is 5.69 Å². The number of amides is 1. The Kier molecular flexibility index (Phi) is 4.83. The molecule has 0 saturated carbocycles. The first-order chi connectivity index (χ1) is 9.20. The summed E-state index contributed by atoms with van der Waals surface area (Å²) in [6.07, 6.45) is 4.63. The van der Waals surface area contributed by atoms with Gasteiger partial charge in [0, 0.05) is 18.3 Å². The molecule has 19 heavy (non-hydrogen) atoms. The number of carbonyl (C=O) groups is 1. The second-order valence-electron chi connectivity index (χ2n) is 5.37. The number of hydrogen-bond acceptors (Lipinski definition) is 2. The summed E-state index contributed by atoms with van der Waals surface area (Å²) in [5.41, 5.74) is 2.24. The second-order valence-corrected chi connectivity index (χ2v) is 5.37. The molecule has 1 fully saturated rings. The number of rotatable bonds is 4. The zero-order valence-corrected chi connectivity index (χ0v) is 12.0. The minimum absolute atomic E-state index is 0.230. The predicted octanol–water partition coefficient (Wildman–Crippen LogP) is 3.20. The quantitative estimate of drug-likeness (QED) is 0.901. The molecule has 0 bridgehead atoms. The molecule has 104 valence electrons. The monoisotopic (exact) mass is 260 g/mol. The lowest BCUT2D eigenvalue weighted by Crippen LogP contribution is -2.45. The van der Waals surface area contributed by atoms with Gasteiger partial charge < -0.3 is 10.2 Å². The number of piperidine rings is 1. The minimum atomic E-state index is 0.230. The number of aryl methyl sites for hydroxylation is 1. The summed E-state index contributed by atoms with van der Waals surface area (Å²) in [7, 11) is 0. The Morgan fingerprint density at radius 1 is 1.42 bits per heavy atom. The van der Waals surface area contributed by atoms with E-state index < -0.39 is 0 Å². The van der Waals surface area contributed by atoms with Crippen molar-refractivity contribution in [2.75, 3.05) is 18.4 Å². The molecule has 1 aromatic carbocycles. The Morgan fingerprint density at radius 3 is 3.00 bits per heavy atom. The summed E-state index contributed by atoms with van der Waals surface area (Å²) in [6.45, 7) is 5.56. The average molecular weight is 260 g/mol. The third-order valence-electron chi connectivity index (χ3n) is 3.88. The van der Waals surface area contributed by atoms with E-state index in [1.54, 1.807) is 0 Å². The van der Waals surface area contributed by atoms with E-state index in [0.717, 1.165) is 31.5 Å². The molecule has 1 heterocycles. The second kappa shape index (κ2) is 6.60. The molecule has 3 nitrogen and oxygen atoms in total. The zero-order valence-electron chi connectivity index (χ0n) is 12.0. The maximum atomic E-state index is 12.3. The summed E-state index contributed by atoms with van der Waals surface area (Å²) in [5.74, 6) is 0.230. The number of carbonyl (C=O) groups excluding carboxylic acids is 1. The summed E-state index contributed by atoms with van der Waals surface area (Å²) >= 11 is 0. The SMILES string of the molecule is CCC1CCCCN1C(=O)CNc1cccc(C)c1. The average Bonchev–Trinajstić information content (AvgIpc) is 2.45. The third-order valence-corrected chi connectivity index (χ3v) is 3.88.